The van der Waals surface area contributed by atoms with Gasteiger partial charge >= 0.3 is 0 Å². The third-order valence-corrected chi connectivity index (χ3v) is 22.3. The van der Waals surface area contributed by atoms with Crippen LogP contribution in [0.1, 0.15) is 66.8 Å². The second-order valence-electron chi connectivity index (χ2n) is 26.7. The Morgan fingerprint density at radius 2 is 0.354 bits per heavy atom. The van der Waals surface area contributed by atoms with Crippen LogP contribution in [0.5, 0.6) is 34.5 Å². The Morgan fingerprint density at radius 3 is 0.545 bits per heavy atom. The van der Waals surface area contributed by atoms with Gasteiger partial charge in [-0.2, -0.15) is 0 Å². The summed E-state index contributed by atoms with van der Waals surface area (Å²) >= 11 is 0. The van der Waals surface area contributed by atoms with Crippen molar-refractivity contribution in [3.8, 4) is 67.9 Å². The van der Waals surface area contributed by atoms with Gasteiger partial charge in [0, 0.05) is 0 Å². The molecule has 16 aromatic carbocycles. The van der Waals surface area contributed by atoms with Gasteiger partial charge in [-0.3, -0.25) is 0 Å². The van der Waals surface area contributed by atoms with Crippen molar-refractivity contribution in [2.45, 2.75) is 16.2 Å². The molecule has 0 atom stereocenters. The normalized spacial score (nSPS) is 14.0. The highest BCUT2D eigenvalue weighted by atomic mass is 16.5. The van der Waals surface area contributed by atoms with Gasteiger partial charge in [-0.25, -0.2) is 0 Å². The van der Waals surface area contributed by atoms with Crippen molar-refractivity contribution in [2.24, 2.45) is 0 Å². The van der Waals surface area contributed by atoms with E-state index in [9.17, 15) is 0 Å². The van der Waals surface area contributed by atoms with Crippen LogP contribution in [0.2, 0.25) is 0 Å². The van der Waals surface area contributed by atoms with Gasteiger partial charge in [0.2, 0.25) is 0 Å². The first-order valence-electron chi connectivity index (χ1n) is 33.8. The molecule has 3 aliphatic rings. The molecule has 474 valence electrons. The van der Waals surface area contributed by atoms with Gasteiger partial charge in [-0.15, -0.1) is 0 Å². The Hall–Kier alpha value is -12.1. The monoisotopic (exact) mass is 1280 g/mol. The second-order valence-corrected chi connectivity index (χ2v) is 26.7. The first-order chi connectivity index (χ1) is 48.7. The maximum absolute atomic E-state index is 5.93. The zero-order valence-electron chi connectivity index (χ0n) is 55.7. The molecule has 0 radical (unpaired) electrons. The maximum Gasteiger partial charge on any atom is 0.119 e. The fourth-order valence-electron chi connectivity index (χ4n) is 18.0. The smallest absolute Gasteiger partial charge is 0.119 e. The predicted octanol–water partition coefficient (Wildman–Crippen LogP) is 21.7. The molecule has 0 saturated carbocycles. The number of rotatable bonds is 12. The molecule has 3 aliphatic carbocycles. The lowest BCUT2D eigenvalue weighted by Crippen LogP contribution is -2.33. The Balaban J connectivity index is 1.09. The van der Waals surface area contributed by atoms with Crippen LogP contribution in [0.4, 0.5) is 0 Å². The molecule has 0 unspecified atom stereocenters. The van der Waals surface area contributed by atoms with Crippen LogP contribution < -0.4 is 28.4 Å². The molecule has 0 spiro atoms. The minimum atomic E-state index is -1.00. The number of fused-ring (bicyclic) bond motifs is 18. The van der Waals surface area contributed by atoms with E-state index in [0.717, 1.165) is 133 Å². The van der Waals surface area contributed by atoms with Crippen LogP contribution in [0.3, 0.4) is 0 Å². The molecule has 6 nitrogen and oxygen atoms in total. The minimum absolute atomic E-state index is 0.810. The van der Waals surface area contributed by atoms with Crippen molar-refractivity contribution in [1.29, 1.82) is 0 Å². The van der Waals surface area contributed by atoms with E-state index in [4.69, 9.17) is 28.4 Å². The molecule has 0 heterocycles. The van der Waals surface area contributed by atoms with Crippen LogP contribution >= 0.6 is 0 Å². The van der Waals surface area contributed by atoms with Crippen LogP contribution in [0.25, 0.3) is 98.0 Å². The van der Waals surface area contributed by atoms with Crippen molar-refractivity contribution in [2.75, 3.05) is 42.7 Å². The van der Waals surface area contributed by atoms with Crippen molar-refractivity contribution in [3.63, 3.8) is 0 Å². The molecule has 6 heteroatoms. The average molecular weight is 1280 g/mol. The van der Waals surface area contributed by atoms with E-state index in [0.29, 0.717) is 0 Å². The minimum Gasteiger partial charge on any atom is -0.497 e. The topological polar surface area (TPSA) is 55.4 Å². The lowest BCUT2D eigenvalue weighted by Gasteiger charge is -2.40. The van der Waals surface area contributed by atoms with E-state index in [1.54, 1.807) is 42.7 Å². The summed E-state index contributed by atoms with van der Waals surface area (Å²) in [7, 11) is 10.5. The molecule has 0 amide bonds. The van der Waals surface area contributed by atoms with E-state index in [1.165, 1.54) is 66.8 Å². The summed E-state index contributed by atoms with van der Waals surface area (Å²) in [6, 6.07) is 110. The SMILES string of the molecule is COc1ccc2cc(C3(c4ccc5cc(OC)ccc5c4)c4ccccc4-c4c3c3c(c5c4C(c4ccc6cc(OC)ccc6c4)(c4ccc6cc(OC)ccc6c4)c4ccccc4-5)C(c4ccc5cc(OC)ccc5c4)(c4ccc5cc(OC)ccc5c4)c4ccccc4-3)ccc2c1. The third-order valence-electron chi connectivity index (χ3n) is 22.3. The highest BCUT2D eigenvalue weighted by Crippen LogP contribution is 2.73. The Kier molecular flexibility index (Phi) is 12.9. The van der Waals surface area contributed by atoms with Crippen LogP contribution in [0, 0.1) is 0 Å². The zero-order valence-corrected chi connectivity index (χ0v) is 55.7. The number of hydrogen-bond donors (Lipinski definition) is 0. The van der Waals surface area contributed by atoms with Crippen LogP contribution in [-0.4, -0.2) is 42.7 Å². The van der Waals surface area contributed by atoms with E-state index in [2.05, 4.69) is 291 Å². The van der Waals surface area contributed by atoms with E-state index in [-0.39, 0.29) is 0 Å². The maximum atomic E-state index is 5.93. The standard InChI is InChI=1S/C93H66O6/c1-94-73-37-25-55-43-67(31-19-61(55)49-73)91(68-32-20-62-50-74(95-2)38-26-56(62)44-68)82-16-10-7-13-79(82)85-88(91)86-80-14-8-11-17-83(80)92(69-33-21-63-51-75(96-3)39-27-57(63)45-69,70-34-22-64-52-76(97-4)40-28-58(64)46-70)90(86)87-81-15-9-12-18-84(81)93(89(85)87,71-35-23-65-53-77(98-5)41-29-59(65)47-71)72-36-24-66-54-78(99-6)42-30-60(66)48-72/h7-54H,1-6H3. The van der Waals surface area contributed by atoms with E-state index < -0.39 is 16.2 Å². The second kappa shape index (κ2) is 22.0. The summed E-state index contributed by atoms with van der Waals surface area (Å²) < 4.78 is 35.6. The van der Waals surface area contributed by atoms with Gasteiger partial charge in [-0.05, 0) is 274 Å². The van der Waals surface area contributed by atoms with Gasteiger partial charge in [0.25, 0.3) is 0 Å². The predicted molar refractivity (Wildman–Crippen MR) is 403 cm³/mol. The highest BCUT2D eigenvalue weighted by Gasteiger charge is 2.61. The molecule has 16 aromatic rings. The molecule has 0 fully saturated rings. The first kappa shape index (κ1) is 58.3. The highest BCUT2D eigenvalue weighted by molar-refractivity contribution is 6.11. The Morgan fingerprint density at radius 1 is 0.182 bits per heavy atom. The third kappa shape index (κ3) is 8.11. The summed E-state index contributed by atoms with van der Waals surface area (Å²) in [5, 5.41) is 13.2. The lowest BCUT2D eigenvalue weighted by atomic mass is 9.60. The average Bonchev–Trinajstić information content (AvgIpc) is 1.47. The summed E-state index contributed by atoms with van der Waals surface area (Å²) in [6.07, 6.45) is 0. The first-order valence-corrected chi connectivity index (χ1v) is 33.8. The summed E-state index contributed by atoms with van der Waals surface area (Å²) in [6.45, 7) is 0. The molecule has 99 heavy (non-hydrogen) atoms. The van der Waals surface area contributed by atoms with Crippen molar-refractivity contribution < 1.29 is 28.4 Å². The fraction of sp³-hybridized carbons (Fsp3) is 0.0968. The number of ether oxygens (including phenoxy) is 6. The van der Waals surface area contributed by atoms with Gasteiger partial charge in [0.1, 0.15) is 34.5 Å². The van der Waals surface area contributed by atoms with Gasteiger partial charge in [0.15, 0.2) is 0 Å². The van der Waals surface area contributed by atoms with Crippen LogP contribution in [-0.2, 0) is 16.2 Å². The lowest BCUT2D eigenvalue weighted by molar-refractivity contribution is 0.415. The Labute approximate surface area is 574 Å². The Bertz CT molecular complexity index is 5240. The van der Waals surface area contributed by atoms with Crippen molar-refractivity contribution in [3.05, 3.63) is 358 Å². The van der Waals surface area contributed by atoms with Gasteiger partial charge in [-0.1, -0.05) is 182 Å². The number of benzene rings is 16. The molecular weight excluding hydrogens is 1210 g/mol. The van der Waals surface area contributed by atoms with E-state index in [1.807, 2.05) is 0 Å². The molecular formula is C93H66O6. The largest absolute Gasteiger partial charge is 0.497 e. The van der Waals surface area contributed by atoms with E-state index >= 15 is 0 Å². The number of methoxy groups -OCH3 is 6. The van der Waals surface area contributed by atoms with Crippen molar-refractivity contribution in [1.82, 2.24) is 0 Å². The molecule has 0 bridgehead atoms. The van der Waals surface area contributed by atoms with Gasteiger partial charge < -0.3 is 28.4 Å². The van der Waals surface area contributed by atoms with Crippen LogP contribution in [0.15, 0.2) is 291 Å². The molecule has 19 rings (SSSR count). The summed E-state index contributed by atoms with van der Waals surface area (Å²) in [4.78, 5) is 0. The number of hydrogen-bond acceptors (Lipinski definition) is 6. The van der Waals surface area contributed by atoms with Gasteiger partial charge in [0.05, 0.1) is 58.9 Å². The zero-order chi connectivity index (χ0) is 66.5. The fourth-order valence-corrected chi connectivity index (χ4v) is 18.0. The summed E-state index contributed by atoms with van der Waals surface area (Å²) in [5.74, 6) is 4.86. The summed E-state index contributed by atoms with van der Waals surface area (Å²) in [5.41, 5.74) is 18.4. The van der Waals surface area contributed by atoms with Crippen molar-refractivity contribution >= 4 is 64.6 Å². The molecule has 0 aromatic heterocycles. The molecule has 0 aliphatic heterocycles. The molecule has 0 N–H and O–H groups in total. The quantitative estimate of drug-likeness (QED) is 0.121. The molecule has 0 saturated heterocycles.